The van der Waals surface area contributed by atoms with Gasteiger partial charge < -0.3 is 289 Å². The fourth-order valence-corrected chi connectivity index (χ4v) is 17.1. The molecule has 1 amide bonds. The van der Waals surface area contributed by atoms with Crippen molar-refractivity contribution in [1.29, 1.82) is 0 Å². The Labute approximate surface area is 748 Å². The van der Waals surface area contributed by atoms with Crippen molar-refractivity contribution in [1.82, 2.24) is 5.32 Å². The van der Waals surface area contributed by atoms with Gasteiger partial charge in [-0.05, 0) is 0 Å². The summed E-state index contributed by atoms with van der Waals surface area (Å²) in [5, 5.41) is 402. The Hall–Kier alpha value is -3.79. The number of aliphatic carboxylic acids is 2. The van der Waals surface area contributed by atoms with Crippen LogP contribution in [0, 0.1) is 0 Å². The summed E-state index contributed by atoms with van der Waals surface area (Å²) in [5.41, 5.74) is 0. The van der Waals surface area contributed by atoms with Crippen molar-refractivity contribution in [2.24, 2.45) is 0 Å². The van der Waals surface area contributed by atoms with E-state index in [1.54, 1.807) is 0 Å². The predicted molar refractivity (Wildman–Crippen MR) is 396 cm³/mol. The van der Waals surface area contributed by atoms with E-state index in [-0.39, 0.29) is 0 Å². The lowest BCUT2D eigenvalue weighted by atomic mass is 9.89. The van der Waals surface area contributed by atoms with Crippen LogP contribution in [0.25, 0.3) is 0 Å². The van der Waals surface area contributed by atoms with Crippen LogP contribution in [0.4, 0.5) is 0 Å². The monoisotopic (exact) mass is 1960 g/mol. The van der Waals surface area contributed by atoms with E-state index in [0.29, 0.717) is 0 Å². The average molecular weight is 1960 g/mol. The zero-order valence-electron chi connectivity index (χ0n) is 69.7. The van der Waals surface area contributed by atoms with Crippen molar-refractivity contribution >= 4 is 17.8 Å². The highest BCUT2D eigenvalue weighted by molar-refractivity contribution is 5.77. The van der Waals surface area contributed by atoms with E-state index in [0.717, 1.165) is 6.92 Å². The summed E-state index contributed by atoms with van der Waals surface area (Å²) in [5.74, 6) is -13.2. The lowest BCUT2D eigenvalue weighted by Crippen LogP contribution is -2.71. The second-order valence-electron chi connectivity index (χ2n) is 33.5. The smallest absolute Gasteiger partial charge is 0.364 e. The quantitative estimate of drug-likeness (QED) is 0.0277. The summed E-state index contributed by atoms with van der Waals surface area (Å²) >= 11 is 0. The molecule has 11 rings (SSSR count). The van der Waals surface area contributed by atoms with Crippen molar-refractivity contribution < 1.29 is 298 Å². The number of carbonyl (C=O) groups excluding carboxylic acids is 1. The standard InChI is InChI=1S/C72H119NO60/c1-15(84)73-29-36(94)52(123-61-44(102)37(95)31(89)20(6-76)114-61)25(11-81)119-60(29)129-59-41(99)35(93)24(10-80)118-68(59)127-56-28(14-113-67-58(40(98)34(92)23(9-79)117-67)130-65-48(106)43(101)54(27(13-83)121-65)125-64-47(105)42(100)53(26(12-82)120-64)124-62-45(103)38(96)32(90)21(7-77)115-62)122-66(49(107)57(56)128-63-46(104)39(97)33(91)22(8-78)116-63)126-55-19(3-71(112,69(108)109)132-51(55)18(87)5-75)131-72(70(110)111)2-16(85)30(88)50(133-72)17(86)4-74/h16-68,74-83,85-107,112H,2-14H2,1H3,(H,73,84)(H,108,109)(H,110,111)/t16-,17-,18-,19-,20-,21-,22-,23-,24-,25-,26-,27-,28-,29-,30-,31+,32+,33-,34-,35-,36-,37+,38+,39+,40+,41+,42-,43-,44-,45-,46-,47-,48-,49-,50-,51-,52-,53+,54-,55-,56-,57-,58-,59-,60-,61+,62-,63+,64+,65-,66-,67-,68+,71?,72?/m1/s1. The molecule has 0 aromatic heterocycles. The number of hydrogen-bond acceptors (Lipinski definition) is 58. The normalized spacial score (nSPS) is 50.7. The number of hydrogen-bond donors (Lipinski definition) is 37. The van der Waals surface area contributed by atoms with Gasteiger partial charge in [0, 0.05) is 19.8 Å². The Kier molecular flexibility index (Phi) is 38.3. The number of amides is 1. The molecule has 61 nitrogen and oxygen atoms in total. The van der Waals surface area contributed by atoms with Gasteiger partial charge in [0.25, 0.3) is 11.6 Å². The molecule has 0 bridgehead atoms. The maximum Gasteiger partial charge on any atom is 0.364 e. The van der Waals surface area contributed by atoms with E-state index < -0.39 is 440 Å². The fourth-order valence-electron chi connectivity index (χ4n) is 17.1. The zero-order valence-corrected chi connectivity index (χ0v) is 69.7. The molecule has 61 heteroatoms. The van der Waals surface area contributed by atoms with Gasteiger partial charge in [0.15, 0.2) is 56.6 Å². The van der Waals surface area contributed by atoms with Gasteiger partial charge in [-0.2, -0.15) is 0 Å². The number of aliphatic hydroxyl groups is 34. The fraction of sp³-hybridized carbons (Fsp3) is 0.958. The van der Waals surface area contributed by atoms with E-state index in [9.17, 15) is 198 Å². The molecular formula is C72H119NO60. The van der Waals surface area contributed by atoms with Gasteiger partial charge >= 0.3 is 11.9 Å². The first-order valence-electron chi connectivity index (χ1n) is 41.8. The molecule has 133 heavy (non-hydrogen) atoms. The molecule has 11 fully saturated rings. The van der Waals surface area contributed by atoms with Gasteiger partial charge in [-0.3, -0.25) is 4.79 Å². The highest BCUT2D eigenvalue weighted by Crippen LogP contribution is 2.45. The highest BCUT2D eigenvalue weighted by Gasteiger charge is 2.66. The average Bonchev–Trinajstić information content (AvgIpc) is 0.742. The molecule has 37 N–H and O–H groups in total. The van der Waals surface area contributed by atoms with Gasteiger partial charge in [-0.15, -0.1) is 0 Å². The number of carboxylic acids is 2. The first-order valence-corrected chi connectivity index (χ1v) is 41.8. The molecule has 2 unspecified atom stereocenters. The summed E-state index contributed by atoms with van der Waals surface area (Å²) in [6.07, 6.45) is -125. The molecule has 11 saturated heterocycles. The molecule has 55 atom stereocenters. The summed E-state index contributed by atoms with van der Waals surface area (Å²) in [6, 6.07) is -2.13. The molecular weight excluding hydrogens is 1840 g/mol. The first kappa shape index (κ1) is 110. The first-order chi connectivity index (χ1) is 62.8. The zero-order chi connectivity index (χ0) is 98.1. The Balaban J connectivity index is 0.991. The largest absolute Gasteiger partial charge is 0.477 e. The van der Waals surface area contributed by atoms with Crippen LogP contribution >= 0.6 is 0 Å². The molecule has 772 valence electrons. The van der Waals surface area contributed by atoms with Crippen LogP contribution in [-0.2, 0) is 114 Å². The predicted octanol–water partition coefficient (Wildman–Crippen LogP) is -25.1. The minimum atomic E-state index is -3.77. The summed E-state index contributed by atoms with van der Waals surface area (Å²) in [7, 11) is 0. The van der Waals surface area contributed by atoms with E-state index in [2.05, 4.69) is 5.32 Å². The molecule has 0 aromatic carbocycles. The lowest BCUT2D eigenvalue weighted by molar-refractivity contribution is -0.418. The topological polar surface area (TPSA) is 985 Å². The van der Waals surface area contributed by atoms with Crippen molar-refractivity contribution in [3.63, 3.8) is 0 Å². The summed E-state index contributed by atoms with van der Waals surface area (Å²) < 4.78 is 124. The van der Waals surface area contributed by atoms with Gasteiger partial charge in [0.05, 0.1) is 84.9 Å². The Morgan fingerprint density at radius 2 is 0.632 bits per heavy atom. The molecule has 11 aliphatic heterocycles. The number of nitrogens with one attached hydrogen (secondary N) is 1. The number of carbonyl (C=O) groups is 3. The number of carboxylic acid groups (broad SMARTS) is 2. The van der Waals surface area contributed by atoms with E-state index in [1.165, 1.54) is 0 Å². The van der Waals surface area contributed by atoms with Crippen LogP contribution < -0.4 is 5.32 Å². The van der Waals surface area contributed by atoms with Crippen LogP contribution in [0.3, 0.4) is 0 Å². The SMILES string of the molecule is CC(=O)N[C@H]1[C@@H](O[C@H]2[C@H](O[C@H]3[C@H](O[C@@H]4O[C@H](CO)[C@@H](O)[C@H](O)[C@H]4O)[C@@H](O)[C@@H](O[C@H]4[C@@H]([C@H](O)CO)OC(O)(C(=O)O)C[C@H]4OC4(C(=O)O)C[C@@H](O)[C@@H](O)[C@@H]([C@H](O)CO)O4)O[C@@H]3CO[C@@H]3O[C@H](CO)[C@@H](O)[C@H](O)[C@H]3O[C@H]3O[C@H](CO)[C@@H](O[C@@H]4O[C@H](CO)[C@H](O[C@H]5O[C@H](CO)[C@H](O)[C@H](O)[C@H]5O)[C@H](O)[C@H]4O)[C@H](O)[C@H]3O)O[C@H](CO)[C@@H](O)[C@@H]2O)O[C@H](CO)[C@@H](O[C@@H]2O[C@H](CO)[C@H](O)[C@H](O)[C@H]2O)[C@@H]1O. The molecule has 0 spiro atoms. The second kappa shape index (κ2) is 46.5. The van der Waals surface area contributed by atoms with Crippen LogP contribution in [0.1, 0.15) is 19.8 Å². The lowest BCUT2D eigenvalue weighted by Gasteiger charge is -2.53. The Bertz CT molecular complexity index is 3620. The van der Waals surface area contributed by atoms with E-state index >= 15 is 0 Å². The van der Waals surface area contributed by atoms with Crippen molar-refractivity contribution in [3.8, 4) is 0 Å². The third-order valence-electron chi connectivity index (χ3n) is 24.6. The highest BCUT2D eigenvalue weighted by atomic mass is 16.8. The number of rotatable bonds is 36. The molecule has 0 saturated carbocycles. The molecule has 0 aliphatic carbocycles. The van der Waals surface area contributed by atoms with Crippen LogP contribution in [0.5, 0.6) is 0 Å². The third-order valence-corrected chi connectivity index (χ3v) is 24.6. The number of ether oxygens (including phenoxy) is 21. The minimum Gasteiger partial charge on any atom is -0.477 e. The second-order valence-corrected chi connectivity index (χ2v) is 33.5. The summed E-state index contributed by atoms with van der Waals surface area (Å²) in [6.45, 7) is -13.3. The molecule has 11 aliphatic rings. The van der Waals surface area contributed by atoms with Gasteiger partial charge in [0.2, 0.25) is 5.91 Å². The van der Waals surface area contributed by atoms with Crippen molar-refractivity contribution in [3.05, 3.63) is 0 Å². The van der Waals surface area contributed by atoms with Crippen LogP contribution in [0.15, 0.2) is 0 Å². The maximum atomic E-state index is 13.7. The van der Waals surface area contributed by atoms with Crippen LogP contribution in [0.2, 0.25) is 0 Å². The third kappa shape index (κ3) is 23.0. The Morgan fingerprint density at radius 3 is 1.04 bits per heavy atom. The summed E-state index contributed by atoms with van der Waals surface area (Å²) in [4.78, 5) is 40.0. The van der Waals surface area contributed by atoms with Crippen molar-refractivity contribution in [2.75, 3.05) is 72.7 Å². The van der Waals surface area contributed by atoms with Crippen LogP contribution in [-0.4, -0.2) is 611 Å². The molecule has 0 radical (unpaired) electrons. The molecule has 0 aromatic rings. The van der Waals surface area contributed by atoms with E-state index in [1.807, 2.05) is 0 Å². The minimum absolute atomic E-state index is 0.851. The van der Waals surface area contributed by atoms with Gasteiger partial charge in [-0.25, -0.2) is 9.59 Å². The van der Waals surface area contributed by atoms with Gasteiger partial charge in [0.1, 0.15) is 256 Å². The maximum absolute atomic E-state index is 13.7. The van der Waals surface area contributed by atoms with E-state index in [4.69, 9.17) is 99.5 Å². The van der Waals surface area contributed by atoms with Crippen molar-refractivity contribution in [2.45, 2.75) is 356 Å². The molecule has 11 heterocycles. The Morgan fingerprint density at radius 1 is 0.316 bits per heavy atom. The number of aliphatic hydroxyl groups excluding tert-OH is 33. The van der Waals surface area contributed by atoms with Gasteiger partial charge in [-0.1, -0.05) is 0 Å².